The van der Waals surface area contributed by atoms with Crippen molar-refractivity contribution in [1.29, 1.82) is 0 Å². The molecule has 1 aromatic carbocycles. The van der Waals surface area contributed by atoms with Crippen molar-refractivity contribution in [2.45, 2.75) is 17.7 Å². The minimum Gasteiger partial charge on any atom is -0.381 e. The number of thioether (sulfide) groups is 1. The molecule has 0 aromatic heterocycles. The number of ether oxygens (including phenoxy) is 1. The first-order valence-electron chi connectivity index (χ1n) is 6.75. The molecule has 1 aromatic rings. The van der Waals surface area contributed by atoms with Crippen molar-refractivity contribution in [1.82, 2.24) is 4.90 Å². The first-order chi connectivity index (χ1) is 9.25. The summed E-state index contributed by atoms with van der Waals surface area (Å²) in [5, 5.41) is 0. The number of nitrogens with zero attached hydrogens (tertiary/aromatic N) is 1. The standard InChI is InChI=1S/C15H21NO2S/c1-16(15(17)11-13-7-9-18-12-13)8-10-19-14-5-3-2-4-6-14/h2-6,13H,7-12H2,1H3/t13-/m0/s1. The summed E-state index contributed by atoms with van der Waals surface area (Å²) in [7, 11) is 1.89. The van der Waals surface area contributed by atoms with E-state index in [4.69, 9.17) is 4.74 Å². The number of rotatable bonds is 6. The maximum Gasteiger partial charge on any atom is 0.222 e. The Kier molecular flexibility index (Phi) is 5.73. The van der Waals surface area contributed by atoms with E-state index in [1.165, 1.54) is 4.90 Å². The average molecular weight is 279 g/mol. The van der Waals surface area contributed by atoms with Crippen LogP contribution in [0.25, 0.3) is 0 Å². The third-order valence-corrected chi connectivity index (χ3v) is 4.34. The molecule has 0 spiro atoms. The fraction of sp³-hybridized carbons (Fsp3) is 0.533. The first kappa shape index (κ1) is 14.4. The molecule has 104 valence electrons. The molecule has 1 aliphatic rings. The predicted molar refractivity (Wildman–Crippen MR) is 78.3 cm³/mol. The van der Waals surface area contributed by atoms with Crippen LogP contribution in [0.1, 0.15) is 12.8 Å². The molecular formula is C15H21NO2S. The Balaban J connectivity index is 1.65. The Labute approximate surface area is 119 Å². The lowest BCUT2D eigenvalue weighted by Crippen LogP contribution is -2.30. The summed E-state index contributed by atoms with van der Waals surface area (Å²) in [5.41, 5.74) is 0. The summed E-state index contributed by atoms with van der Waals surface area (Å²) >= 11 is 1.79. The Bertz CT molecular complexity index is 390. The van der Waals surface area contributed by atoms with E-state index in [9.17, 15) is 4.79 Å². The van der Waals surface area contributed by atoms with Gasteiger partial charge >= 0.3 is 0 Å². The first-order valence-corrected chi connectivity index (χ1v) is 7.74. The van der Waals surface area contributed by atoms with Crippen molar-refractivity contribution in [2.75, 3.05) is 32.6 Å². The fourth-order valence-corrected chi connectivity index (χ4v) is 3.04. The van der Waals surface area contributed by atoms with Gasteiger partial charge in [-0.2, -0.15) is 0 Å². The highest BCUT2D eigenvalue weighted by molar-refractivity contribution is 7.99. The molecule has 19 heavy (non-hydrogen) atoms. The summed E-state index contributed by atoms with van der Waals surface area (Å²) in [5.74, 6) is 1.61. The van der Waals surface area contributed by atoms with Gasteiger partial charge < -0.3 is 9.64 Å². The quantitative estimate of drug-likeness (QED) is 0.750. The Hall–Kier alpha value is -1.00. The second kappa shape index (κ2) is 7.56. The van der Waals surface area contributed by atoms with Crippen molar-refractivity contribution < 1.29 is 9.53 Å². The van der Waals surface area contributed by atoms with Gasteiger partial charge in [0.25, 0.3) is 0 Å². The normalized spacial score (nSPS) is 18.5. The highest BCUT2D eigenvalue weighted by Crippen LogP contribution is 2.19. The predicted octanol–water partition coefficient (Wildman–Crippen LogP) is 2.66. The maximum absolute atomic E-state index is 12.0. The monoisotopic (exact) mass is 279 g/mol. The third kappa shape index (κ3) is 4.88. The van der Waals surface area contributed by atoms with Crippen LogP contribution in [0.3, 0.4) is 0 Å². The molecule has 2 rings (SSSR count). The van der Waals surface area contributed by atoms with E-state index in [0.717, 1.165) is 31.9 Å². The average Bonchev–Trinajstić information content (AvgIpc) is 2.92. The van der Waals surface area contributed by atoms with Crippen molar-refractivity contribution in [2.24, 2.45) is 5.92 Å². The zero-order valence-electron chi connectivity index (χ0n) is 11.4. The Morgan fingerprint density at radius 3 is 2.89 bits per heavy atom. The minimum absolute atomic E-state index is 0.240. The Morgan fingerprint density at radius 1 is 1.42 bits per heavy atom. The van der Waals surface area contributed by atoms with Gasteiger partial charge in [0.1, 0.15) is 0 Å². The molecule has 0 unspecified atom stereocenters. The molecule has 1 fully saturated rings. The number of carbonyl (C=O) groups is 1. The molecule has 0 N–H and O–H groups in total. The van der Waals surface area contributed by atoms with Gasteiger partial charge in [-0.15, -0.1) is 11.8 Å². The van der Waals surface area contributed by atoms with Gasteiger partial charge in [-0.3, -0.25) is 4.79 Å². The van der Waals surface area contributed by atoms with Crippen molar-refractivity contribution in [3.8, 4) is 0 Å². The van der Waals surface area contributed by atoms with Crippen LogP contribution in [0.15, 0.2) is 35.2 Å². The molecule has 1 amide bonds. The van der Waals surface area contributed by atoms with E-state index < -0.39 is 0 Å². The topological polar surface area (TPSA) is 29.5 Å². The van der Waals surface area contributed by atoms with Gasteiger partial charge in [0.15, 0.2) is 0 Å². The van der Waals surface area contributed by atoms with Crippen LogP contribution in [0.5, 0.6) is 0 Å². The molecule has 0 aliphatic carbocycles. The van der Waals surface area contributed by atoms with E-state index >= 15 is 0 Å². The summed E-state index contributed by atoms with van der Waals surface area (Å²) in [6.07, 6.45) is 1.66. The van der Waals surface area contributed by atoms with Crippen LogP contribution in [0.2, 0.25) is 0 Å². The van der Waals surface area contributed by atoms with E-state index in [-0.39, 0.29) is 5.91 Å². The fourth-order valence-electron chi connectivity index (χ4n) is 2.09. The molecule has 1 atom stereocenters. The lowest BCUT2D eigenvalue weighted by Gasteiger charge is -2.18. The second-order valence-corrected chi connectivity index (χ2v) is 6.08. The van der Waals surface area contributed by atoms with Gasteiger partial charge in [0.2, 0.25) is 5.91 Å². The molecule has 4 heteroatoms. The number of hydrogen-bond acceptors (Lipinski definition) is 3. The summed E-state index contributed by atoms with van der Waals surface area (Å²) in [4.78, 5) is 15.1. The SMILES string of the molecule is CN(CCSc1ccccc1)C(=O)C[C@@H]1CCOC1. The van der Waals surface area contributed by atoms with Gasteiger partial charge in [-0.25, -0.2) is 0 Å². The van der Waals surface area contributed by atoms with Crippen LogP contribution in [0, 0.1) is 5.92 Å². The molecule has 1 heterocycles. The van der Waals surface area contributed by atoms with Crippen molar-refractivity contribution in [3.05, 3.63) is 30.3 Å². The second-order valence-electron chi connectivity index (χ2n) is 4.91. The summed E-state index contributed by atoms with van der Waals surface area (Å²) < 4.78 is 5.30. The number of amides is 1. The molecule has 0 saturated carbocycles. The largest absolute Gasteiger partial charge is 0.381 e. The van der Waals surface area contributed by atoms with Crippen molar-refractivity contribution in [3.63, 3.8) is 0 Å². The zero-order valence-corrected chi connectivity index (χ0v) is 12.2. The smallest absolute Gasteiger partial charge is 0.222 e. The molecule has 0 bridgehead atoms. The van der Waals surface area contributed by atoms with E-state index in [0.29, 0.717) is 12.3 Å². The number of benzene rings is 1. The molecule has 0 radical (unpaired) electrons. The summed E-state index contributed by atoms with van der Waals surface area (Å²) in [6, 6.07) is 10.3. The molecule has 1 aliphatic heterocycles. The van der Waals surface area contributed by atoms with Gasteiger partial charge in [-0.05, 0) is 24.5 Å². The lowest BCUT2D eigenvalue weighted by molar-refractivity contribution is -0.130. The van der Waals surface area contributed by atoms with Crippen LogP contribution in [0.4, 0.5) is 0 Å². The van der Waals surface area contributed by atoms with E-state index in [1.807, 2.05) is 30.1 Å². The molecular weight excluding hydrogens is 258 g/mol. The number of hydrogen-bond donors (Lipinski definition) is 0. The van der Waals surface area contributed by atoms with Crippen LogP contribution >= 0.6 is 11.8 Å². The van der Waals surface area contributed by atoms with E-state index in [1.54, 1.807) is 11.8 Å². The third-order valence-electron chi connectivity index (χ3n) is 3.35. The van der Waals surface area contributed by atoms with Crippen molar-refractivity contribution >= 4 is 17.7 Å². The lowest BCUT2D eigenvalue weighted by atomic mass is 10.0. The highest BCUT2D eigenvalue weighted by atomic mass is 32.2. The Morgan fingerprint density at radius 2 is 2.21 bits per heavy atom. The van der Waals surface area contributed by atoms with Gasteiger partial charge in [-0.1, -0.05) is 18.2 Å². The molecule has 3 nitrogen and oxygen atoms in total. The van der Waals surface area contributed by atoms with Gasteiger partial charge in [0.05, 0.1) is 0 Å². The minimum atomic E-state index is 0.240. The zero-order chi connectivity index (χ0) is 13.5. The number of carbonyl (C=O) groups excluding carboxylic acids is 1. The maximum atomic E-state index is 12.0. The summed E-state index contributed by atoms with van der Waals surface area (Å²) in [6.45, 7) is 2.36. The highest BCUT2D eigenvalue weighted by Gasteiger charge is 2.20. The van der Waals surface area contributed by atoms with Crippen LogP contribution in [-0.4, -0.2) is 43.4 Å². The van der Waals surface area contributed by atoms with Crippen LogP contribution < -0.4 is 0 Å². The van der Waals surface area contributed by atoms with E-state index in [2.05, 4.69) is 12.1 Å². The molecule has 1 saturated heterocycles. The van der Waals surface area contributed by atoms with Crippen LogP contribution in [-0.2, 0) is 9.53 Å². The van der Waals surface area contributed by atoms with Gasteiger partial charge in [0, 0.05) is 43.9 Å².